The number of anilines is 8. The SMILES string of the molecule is C1=CC2c3cccc(N(c4ccccc4)c4ccccc4)c3N3c4cc5c6cc7ccccc7c7c8c9ccccc9cc(N(c9ccccc9)c9ccccc9)c8n(c5nc4C(=C1)C23)c67. The summed E-state index contributed by atoms with van der Waals surface area (Å²) in [6.45, 7) is 0. The molecular formula is C61H39N5. The zero-order valence-electron chi connectivity index (χ0n) is 35.8. The van der Waals surface area contributed by atoms with Gasteiger partial charge in [0.05, 0.1) is 45.5 Å². The standard InChI is InChI=1S/C61H39N5/c1-5-21-40(22-6-1)63(41-23-7-2-8-24-41)51-34-18-32-47-46-31-17-33-48-56-52(65(57(46)48)58(47)51)37-50-49-35-38-19-13-15-29-44(38)54-55-45-30-16-14-20-39(45)36-53(60(55)66(59(49)54)61(50)62-56)64(42-25-9-3-10-26-42)43-27-11-4-12-28-43/h1-37,46,57H. The highest BCUT2D eigenvalue weighted by molar-refractivity contribution is 6.37. The Morgan fingerprint density at radius 3 is 1.62 bits per heavy atom. The lowest BCUT2D eigenvalue weighted by molar-refractivity contribution is 0.781. The van der Waals surface area contributed by atoms with E-state index >= 15 is 0 Å². The Hall–Kier alpha value is -8.67. The van der Waals surface area contributed by atoms with Crippen LogP contribution in [0.1, 0.15) is 17.2 Å². The van der Waals surface area contributed by atoms with Crippen LogP contribution in [0.2, 0.25) is 0 Å². The van der Waals surface area contributed by atoms with Crippen LogP contribution in [0.4, 0.5) is 45.5 Å². The molecule has 1 aliphatic carbocycles. The van der Waals surface area contributed by atoms with E-state index in [1.54, 1.807) is 0 Å². The van der Waals surface area contributed by atoms with Crippen LogP contribution in [-0.2, 0) is 0 Å². The highest BCUT2D eigenvalue weighted by atomic mass is 15.3. The zero-order chi connectivity index (χ0) is 43.0. The van der Waals surface area contributed by atoms with Crippen molar-refractivity contribution in [3.8, 4) is 0 Å². The molecule has 2 aliphatic heterocycles. The van der Waals surface area contributed by atoms with Crippen LogP contribution in [0.25, 0.3) is 65.3 Å². The van der Waals surface area contributed by atoms with Gasteiger partial charge in [-0.2, -0.15) is 0 Å². The van der Waals surface area contributed by atoms with Crippen molar-refractivity contribution in [3.63, 3.8) is 0 Å². The van der Waals surface area contributed by atoms with Gasteiger partial charge in [0.1, 0.15) is 5.65 Å². The van der Waals surface area contributed by atoms with Crippen LogP contribution in [0.5, 0.6) is 0 Å². The third-order valence-corrected chi connectivity index (χ3v) is 14.5. The van der Waals surface area contributed by atoms with E-state index in [9.17, 15) is 0 Å². The molecule has 0 N–H and O–H groups in total. The quantitative estimate of drug-likeness (QED) is 0.167. The van der Waals surface area contributed by atoms with Crippen molar-refractivity contribution in [2.24, 2.45) is 0 Å². The van der Waals surface area contributed by atoms with E-state index in [2.05, 4.69) is 244 Å². The highest BCUT2D eigenvalue weighted by Crippen LogP contribution is 2.62. The molecule has 5 heterocycles. The minimum atomic E-state index is 0.0910. The molecule has 2 atom stereocenters. The third-order valence-electron chi connectivity index (χ3n) is 14.5. The molecule has 0 spiro atoms. The second-order valence-corrected chi connectivity index (χ2v) is 17.8. The summed E-state index contributed by atoms with van der Waals surface area (Å²) in [6, 6.07) is 75.3. The van der Waals surface area contributed by atoms with Gasteiger partial charge in [0.15, 0.2) is 0 Å². The van der Waals surface area contributed by atoms with Crippen molar-refractivity contribution in [1.29, 1.82) is 0 Å². The van der Waals surface area contributed by atoms with E-state index in [1.807, 2.05) is 0 Å². The van der Waals surface area contributed by atoms with Crippen LogP contribution in [0.15, 0.2) is 224 Å². The molecule has 0 saturated heterocycles. The van der Waals surface area contributed by atoms with Crippen LogP contribution < -0.4 is 14.7 Å². The van der Waals surface area contributed by atoms with Gasteiger partial charge in [-0.3, -0.25) is 4.40 Å². The van der Waals surface area contributed by atoms with Gasteiger partial charge >= 0.3 is 0 Å². The number of fused-ring (bicyclic) bond motifs is 16. The lowest BCUT2D eigenvalue weighted by atomic mass is 9.86. The molecule has 0 radical (unpaired) electrons. The van der Waals surface area contributed by atoms with Crippen molar-refractivity contribution in [2.45, 2.75) is 12.0 Å². The molecule has 0 amide bonds. The number of hydrogen-bond donors (Lipinski definition) is 0. The van der Waals surface area contributed by atoms with E-state index in [0.29, 0.717) is 0 Å². The van der Waals surface area contributed by atoms with Crippen molar-refractivity contribution < 1.29 is 0 Å². The van der Waals surface area contributed by atoms with Crippen LogP contribution >= 0.6 is 0 Å². The first-order valence-corrected chi connectivity index (χ1v) is 22.9. The minimum Gasteiger partial charge on any atom is -0.329 e. The molecule has 5 nitrogen and oxygen atoms in total. The first kappa shape index (κ1) is 35.8. The predicted octanol–water partition coefficient (Wildman–Crippen LogP) is 16.0. The van der Waals surface area contributed by atoms with Gasteiger partial charge in [0.2, 0.25) is 0 Å². The normalized spacial score (nSPS) is 15.9. The number of allylic oxidation sites excluding steroid dienone is 2. The molecule has 5 heteroatoms. The summed E-state index contributed by atoms with van der Waals surface area (Å²) in [5, 5.41) is 9.80. The molecule has 3 aromatic heterocycles. The van der Waals surface area contributed by atoms with Gasteiger partial charge in [-0.05, 0) is 99.9 Å². The summed E-state index contributed by atoms with van der Waals surface area (Å²) in [6.07, 6.45) is 6.98. The highest BCUT2D eigenvalue weighted by Gasteiger charge is 2.49. The Morgan fingerprint density at radius 1 is 0.455 bits per heavy atom. The summed E-state index contributed by atoms with van der Waals surface area (Å²) in [7, 11) is 0. The Morgan fingerprint density at radius 2 is 1.00 bits per heavy atom. The Balaban J connectivity index is 1.07. The second kappa shape index (κ2) is 13.4. The van der Waals surface area contributed by atoms with E-state index in [4.69, 9.17) is 4.98 Å². The van der Waals surface area contributed by atoms with Gasteiger partial charge in [-0.25, -0.2) is 4.98 Å². The number of rotatable bonds is 6. The number of aromatic nitrogens is 2. The largest absolute Gasteiger partial charge is 0.329 e. The van der Waals surface area contributed by atoms with Gasteiger partial charge in [-0.1, -0.05) is 152 Å². The molecular weight excluding hydrogens is 803 g/mol. The van der Waals surface area contributed by atoms with E-state index in [1.165, 1.54) is 60.0 Å². The molecule has 0 saturated carbocycles. The Kier molecular flexibility index (Phi) is 7.27. The van der Waals surface area contributed by atoms with Crippen LogP contribution in [0.3, 0.4) is 0 Å². The summed E-state index contributed by atoms with van der Waals surface area (Å²) >= 11 is 0. The van der Waals surface area contributed by atoms with E-state index in [-0.39, 0.29) is 12.0 Å². The molecule has 0 bridgehead atoms. The number of benzene rings is 9. The fourth-order valence-corrected chi connectivity index (χ4v) is 11.9. The summed E-state index contributed by atoms with van der Waals surface area (Å²) in [5.74, 6) is 0.177. The maximum atomic E-state index is 5.97. The molecule has 15 rings (SSSR count). The lowest BCUT2D eigenvalue weighted by Gasteiger charge is -2.31. The minimum absolute atomic E-state index is 0.0910. The zero-order valence-corrected chi connectivity index (χ0v) is 35.8. The lowest BCUT2D eigenvalue weighted by Crippen LogP contribution is -2.26. The topological polar surface area (TPSA) is 27.0 Å². The van der Waals surface area contributed by atoms with Crippen molar-refractivity contribution in [2.75, 3.05) is 14.7 Å². The average molecular weight is 842 g/mol. The molecule has 12 aromatic rings. The number of hydrogen-bond acceptors (Lipinski definition) is 4. The Labute approximate surface area is 381 Å². The average Bonchev–Trinajstić information content (AvgIpc) is 4.11. The smallest absolute Gasteiger partial charge is 0.146 e. The number of pyridine rings is 1. The summed E-state index contributed by atoms with van der Waals surface area (Å²) < 4.78 is 2.52. The maximum absolute atomic E-state index is 5.97. The molecule has 66 heavy (non-hydrogen) atoms. The van der Waals surface area contributed by atoms with E-state index in [0.717, 1.165) is 62.1 Å². The van der Waals surface area contributed by atoms with E-state index < -0.39 is 0 Å². The van der Waals surface area contributed by atoms with Crippen molar-refractivity contribution in [3.05, 3.63) is 236 Å². The first-order chi connectivity index (χ1) is 32.8. The maximum Gasteiger partial charge on any atom is 0.146 e. The fourth-order valence-electron chi connectivity index (χ4n) is 11.9. The molecule has 308 valence electrons. The number of para-hydroxylation sites is 5. The van der Waals surface area contributed by atoms with Gasteiger partial charge in [0.25, 0.3) is 0 Å². The van der Waals surface area contributed by atoms with Crippen molar-refractivity contribution in [1.82, 2.24) is 9.38 Å². The molecule has 0 fully saturated rings. The van der Waals surface area contributed by atoms with Gasteiger partial charge in [-0.15, -0.1) is 0 Å². The van der Waals surface area contributed by atoms with Crippen molar-refractivity contribution >= 4 is 111 Å². The van der Waals surface area contributed by atoms with Gasteiger partial charge in [0, 0.05) is 55.8 Å². The molecule has 9 aromatic carbocycles. The first-order valence-electron chi connectivity index (χ1n) is 22.9. The summed E-state index contributed by atoms with van der Waals surface area (Å²) in [4.78, 5) is 13.4. The van der Waals surface area contributed by atoms with Crippen LogP contribution in [-0.4, -0.2) is 15.4 Å². The Bertz CT molecular complexity index is 3930. The monoisotopic (exact) mass is 841 g/mol. The fraction of sp³-hybridized carbons (Fsp3) is 0.0328. The predicted molar refractivity (Wildman–Crippen MR) is 276 cm³/mol. The second-order valence-electron chi connectivity index (χ2n) is 17.8. The summed E-state index contributed by atoms with van der Waals surface area (Å²) in [5.41, 5.74) is 16.1. The third kappa shape index (κ3) is 4.75. The molecule has 2 unspecified atom stereocenters. The van der Waals surface area contributed by atoms with Gasteiger partial charge < -0.3 is 14.7 Å². The van der Waals surface area contributed by atoms with Crippen LogP contribution in [0, 0.1) is 0 Å². The number of nitrogens with zero attached hydrogens (tertiary/aromatic N) is 5. The molecule has 3 aliphatic rings.